The highest BCUT2D eigenvalue weighted by molar-refractivity contribution is 6.00. The number of imidazole rings is 1. The van der Waals surface area contributed by atoms with Gasteiger partial charge in [-0.2, -0.15) is 0 Å². The van der Waals surface area contributed by atoms with Gasteiger partial charge in [-0.1, -0.05) is 0 Å². The van der Waals surface area contributed by atoms with Gasteiger partial charge in [-0.3, -0.25) is 4.57 Å². The minimum Gasteiger partial charge on any atom is -0.493 e. The number of nitrogens with zero attached hydrogens (tertiary/aromatic N) is 2. The second-order valence-corrected chi connectivity index (χ2v) is 5.81. The first-order chi connectivity index (χ1) is 12.7. The fourth-order valence-corrected chi connectivity index (χ4v) is 3.22. The number of hydrogen-bond acceptors (Lipinski definition) is 5. The highest BCUT2D eigenvalue weighted by Gasteiger charge is 2.16. The van der Waals surface area contributed by atoms with Crippen molar-refractivity contribution in [3.63, 3.8) is 0 Å². The molecule has 0 bridgehead atoms. The molecule has 4 rings (SSSR count). The molecular weight excluding hydrogens is 336 g/mol. The number of pyridine rings is 1. The Labute approximate surface area is 148 Å². The molecule has 0 aliphatic rings. The largest absolute Gasteiger partial charge is 0.493 e. The molecule has 3 heterocycles. The monoisotopic (exact) mass is 354 g/mol. The van der Waals surface area contributed by atoms with E-state index in [1.54, 1.807) is 38.3 Å². The van der Waals surface area contributed by atoms with Crippen molar-refractivity contribution in [3.05, 3.63) is 46.6 Å². The van der Waals surface area contributed by atoms with Crippen molar-refractivity contribution in [2.75, 3.05) is 21.3 Å². The molecule has 26 heavy (non-hydrogen) atoms. The van der Waals surface area contributed by atoms with Crippen LogP contribution in [0.15, 0.2) is 35.4 Å². The first-order valence-corrected chi connectivity index (χ1v) is 7.99. The lowest BCUT2D eigenvalue weighted by molar-refractivity contribution is 0.323. The maximum absolute atomic E-state index is 12.5. The van der Waals surface area contributed by atoms with Gasteiger partial charge in [-0.25, -0.2) is 9.78 Å². The summed E-state index contributed by atoms with van der Waals surface area (Å²) in [7, 11) is 4.68. The maximum atomic E-state index is 12.5. The molecule has 0 saturated heterocycles. The zero-order valence-electron chi connectivity index (χ0n) is 14.6. The van der Waals surface area contributed by atoms with Crippen LogP contribution in [-0.4, -0.2) is 40.8 Å². The SMILES string of the molecule is COc1cc(Cn2c(=O)[nH]c3cnc4[nH]ccc4c32)cc(OC)c1OC. The average Bonchev–Trinajstić information content (AvgIpc) is 3.25. The summed E-state index contributed by atoms with van der Waals surface area (Å²) in [5.74, 6) is 1.61. The van der Waals surface area contributed by atoms with E-state index in [2.05, 4.69) is 15.0 Å². The highest BCUT2D eigenvalue weighted by Crippen LogP contribution is 2.38. The summed E-state index contributed by atoms with van der Waals surface area (Å²) in [4.78, 5) is 22.8. The molecule has 0 atom stereocenters. The number of ether oxygens (including phenoxy) is 3. The Balaban J connectivity index is 1.89. The minimum atomic E-state index is -0.204. The molecule has 0 aliphatic heterocycles. The normalized spacial score (nSPS) is 11.2. The number of aromatic nitrogens is 4. The van der Waals surface area contributed by atoms with E-state index in [1.165, 1.54) is 0 Å². The van der Waals surface area contributed by atoms with Crippen molar-refractivity contribution in [1.82, 2.24) is 19.5 Å². The lowest BCUT2D eigenvalue weighted by Crippen LogP contribution is -2.17. The van der Waals surface area contributed by atoms with Crippen molar-refractivity contribution in [1.29, 1.82) is 0 Å². The van der Waals surface area contributed by atoms with Gasteiger partial charge >= 0.3 is 5.69 Å². The lowest BCUT2D eigenvalue weighted by Gasteiger charge is -2.14. The molecule has 3 aromatic heterocycles. The summed E-state index contributed by atoms with van der Waals surface area (Å²) in [6, 6.07) is 5.58. The Kier molecular flexibility index (Phi) is 3.80. The van der Waals surface area contributed by atoms with E-state index in [1.807, 2.05) is 18.2 Å². The smallest absolute Gasteiger partial charge is 0.326 e. The Hall–Kier alpha value is -3.42. The van der Waals surface area contributed by atoms with Crippen LogP contribution in [0.25, 0.3) is 22.1 Å². The molecule has 0 unspecified atom stereocenters. The molecular formula is C18H18N4O4. The number of H-pyrrole nitrogens is 2. The van der Waals surface area contributed by atoms with E-state index in [-0.39, 0.29) is 5.69 Å². The van der Waals surface area contributed by atoms with Gasteiger partial charge in [0.1, 0.15) is 5.65 Å². The Morgan fingerprint density at radius 3 is 2.50 bits per heavy atom. The predicted octanol–water partition coefficient (Wildman–Crippen LogP) is 2.28. The van der Waals surface area contributed by atoms with Crippen LogP contribution in [0.1, 0.15) is 5.56 Å². The number of aromatic amines is 2. The minimum absolute atomic E-state index is 0.204. The molecule has 0 saturated carbocycles. The molecule has 0 radical (unpaired) electrons. The number of rotatable bonds is 5. The van der Waals surface area contributed by atoms with E-state index in [9.17, 15) is 4.79 Å². The summed E-state index contributed by atoms with van der Waals surface area (Å²) >= 11 is 0. The van der Waals surface area contributed by atoms with E-state index >= 15 is 0 Å². The lowest BCUT2D eigenvalue weighted by atomic mass is 10.1. The molecule has 0 spiro atoms. The molecule has 4 aromatic rings. The Morgan fingerprint density at radius 2 is 1.85 bits per heavy atom. The van der Waals surface area contributed by atoms with Gasteiger partial charge in [0.15, 0.2) is 11.5 Å². The number of fused-ring (bicyclic) bond motifs is 3. The standard InChI is InChI=1S/C18H18N4O4/c1-24-13-6-10(7-14(25-2)16(13)26-3)9-22-15-11-4-5-19-17(11)20-8-12(15)21-18(22)23/h4-8H,9H2,1-3H3,(H,19,20)(H,21,23). The van der Waals surface area contributed by atoms with Crippen LogP contribution in [0.4, 0.5) is 0 Å². The van der Waals surface area contributed by atoms with Crippen LogP contribution in [0.2, 0.25) is 0 Å². The van der Waals surface area contributed by atoms with Gasteiger partial charge < -0.3 is 24.2 Å². The van der Waals surface area contributed by atoms with Gasteiger partial charge in [0.2, 0.25) is 5.75 Å². The van der Waals surface area contributed by atoms with E-state index in [4.69, 9.17) is 14.2 Å². The number of nitrogens with one attached hydrogen (secondary N) is 2. The topological polar surface area (TPSA) is 94.2 Å². The molecule has 134 valence electrons. The van der Waals surface area contributed by atoms with Crippen molar-refractivity contribution in [2.45, 2.75) is 6.54 Å². The van der Waals surface area contributed by atoms with Gasteiger partial charge in [0, 0.05) is 11.6 Å². The number of benzene rings is 1. The molecule has 0 amide bonds. The third-order valence-corrected chi connectivity index (χ3v) is 4.38. The predicted molar refractivity (Wildman–Crippen MR) is 97.4 cm³/mol. The fourth-order valence-electron chi connectivity index (χ4n) is 3.22. The second-order valence-electron chi connectivity index (χ2n) is 5.81. The van der Waals surface area contributed by atoms with Gasteiger partial charge in [-0.05, 0) is 23.8 Å². The van der Waals surface area contributed by atoms with Crippen LogP contribution in [0, 0.1) is 0 Å². The van der Waals surface area contributed by atoms with Crippen LogP contribution in [0.3, 0.4) is 0 Å². The summed E-state index contributed by atoms with van der Waals surface area (Å²) in [5, 5.41) is 0.883. The summed E-state index contributed by atoms with van der Waals surface area (Å²) < 4.78 is 17.8. The molecule has 0 aliphatic carbocycles. The second kappa shape index (κ2) is 6.14. The molecule has 0 fully saturated rings. The first kappa shape index (κ1) is 16.1. The quantitative estimate of drug-likeness (QED) is 0.573. The van der Waals surface area contributed by atoms with Crippen molar-refractivity contribution < 1.29 is 14.2 Å². The third kappa shape index (κ3) is 2.38. The average molecular weight is 354 g/mol. The zero-order valence-corrected chi connectivity index (χ0v) is 14.6. The van der Waals surface area contributed by atoms with Crippen LogP contribution in [0.5, 0.6) is 17.2 Å². The van der Waals surface area contributed by atoms with E-state index < -0.39 is 0 Å². The number of methoxy groups -OCH3 is 3. The summed E-state index contributed by atoms with van der Waals surface area (Å²) in [6.07, 6.45) is 3.46. The molecule has 8 heteroatoms. The Morgan fingerprint density at radius 1 is 1.12 bits per heavy atom. The van der Waals surface area contributed by atoms with E-state index in [0.29, 0.717) is 29.3 Å². The number of hydrogen-bond donors (Lipinski definition) is 2. The highest BCUT2D eigenvalue weighted by atomic mass is 16.5. The van der Waals surface area contributed by atoms with Gasteiger partial charge in [0.05, 0.1) is 45.1 Å². The van der Waals surface area contributed by atoms with Crippen LogP contribution >= 0.6 is 0 Å². The molecule has 8 nitrogen and oxygen atoms in total. The van der Waals surface area contributed by atoms with Gasteiger partial charge in [-0.15, -0.1) is 0 Å². The maximum Gasteiger partial charge on any atom is 0.326 e. The Bertz CT molecular complexity index is 1130. The first-order valence-electron chi connectivity index (χ1n) is 7.99. The third-order valence-electron chi connectivity index (χ3n) is 4.38. The fraction of sp³-hybridized carbons (Fsp3) is 0.222. The zero-order chi connectivity index (χ0) is 18.3. The summed E-state index contributed by atoms with van der Waals surface area (Å²) in [6.45, 7) is 0.347. The van der Waals surface area contributed by atoms with E-state index in [0.717, 1.165) is 22.1 Å². The van der Waals surface area contributed by atoms with Crippen LogP contribution in [-0.2, 0) is 6.54 Å². The molecule has 1 aromatic carbocycles. The van der Waals surface area contributed by atoms with Gasteiger partial charge in [0.25, 0.3) is 0 Å². The van der Waals surface area contributed by atoms with Crippen LogP contribution < -0.4 is 19.9 Å². The summed E-state index contributed by atoms with van der Waals surface area (Å²) in [5.41, 5.74) is 2.87. The van der Waals surface area contributed by atoms with Crippen molar-refractivity contribution in [3.8, 4) is 17.2 Å². The molecule has 2 N–H and O–H groups in total. The van der Waals surface area contributed by atoms with Crippen molar-refractivity contribution in [2.24, 2.45) is 0 Å². The van der Waals surface area contributed by atoms with Crippen molar-refractivity contribution >= 4 is 22.1 Å².